The van der Waals surface area contributed by atoms with Crippen LogP contribution in [0.1, 0.15) is 50.6 Å². The van der Waals surface area contributed by atoms with E-state index in [0.29, 0.717) is 48.7 Å². The Kier molecular flexibility index (Phi) is 7.23. The van der Waals surface area contributed by atoms with Gasteiger partial charge in [0.25, 0.3) is 5.91 Å². The zero-order chi connectivity index (χ0) is 21.7. The van der Waals surface area contributed by atoms with Crippen molar-refractivity contribution in [3.05, 3.63) is 58.2 Å². The van der Waals surface area contributed by atoms with E-state index in [1.807, 2.05) is 6.92 Å². The van der Waals surface area contributed by atoms with Crippen molar-refractivity contribution in [2.45, 2.75) is 26.3 Å². The van der Waals surface area contributed by atoms with Crippen LogP contribution in [0.2, 0.25) is 0 Å². The van der Waals surface area contributed by atoms with Gasteiger partial charge in [-0.3, -0.25) is 9.69 Å². The molecular formula is C22H28FN3O4. The molecule has 0 unspecified atom stereocenters. The molecule has 3 rings (SSSR count). The lowest BCUT2D eigenvalue weighted by Gasteiger charge is -2.35. The molecule has 2 N–H and O–H groups in total. The quantitative estimate of drug-likeness (QED) is 0.677. The number of hydrogen-bond acceptors (Lipinski definition) is 5. The lowest BCUT2D eigenvalue weighted by Crippen LogP contribution is -2.44. The summed E-state index contributed by atoms with van der Waals surface area (Å²) in [6, 6.07) is 6.23. The van der Waals surface area contributed by atoms with Crippen molar-refractivity contribution >= 4 is 11.9 Å². The number of aromatic nitrogens is 1. The zero-order valence-corrected chi connectivity index (χ0v) is 17.6. The number of H-pyrrole nitrogens is 1. The summed E-state index contributed by atoms with van der Waals surface area (Å²) in [5.41, 5.74) is 2.93. The van der Waals surface area contributed by atoms with Gasteiger partial charge >= 0.3 is 5.97 Å². The van der Waals surface area contributed by atoms with E-state index in [2.05, 4.69) is 15.2 Å². The highest BCUT2D eigenvalue weighted by molar-refractivity contribution is 6.00. The van der Waals surface area contributed by atoms with Crippen molar-refractivity contribution in [2.24, 2.45) is 0 Å². The van der Waals surface area contributed by atoms with Crippen LogP contribution < -0.4 is 5.32 Å². The molecular weight excluding hydrogens is 389 g/mol. The first-order valence-corrected chi connectivity index (χ1v) is 10.1. The number of aryl methyl sites for hydroxylation is 1. The van der Waals surface area contributed by atoms with Crippen LogP contribution in [-0.4, -0.2) is 61.7 Å². The first-order chi connectivity index (χ1) is 14.5. The standard InChI is InChI=1S/C22H28FN3O4/c1-4-17-19(22(28)29-3)14(2)20(25-17)21(27)24-13-18(26-9-11-30-12-10-26)15-5-7-16(23)8-6-15/h5-8,18,25H,4,9-13H2,1-3H3,(H,24,27)/t18-/m0/s1. The smallest absolute Gasteiger partial charge is 0.339 e. The number of ether oxygens (including phenoxy) is 2. The Morgan fingerprint density at radius 1 is 1.27 bits per heavy atom. The monoisotopic (exact) mass is 417 g/mol. The van der Waals surface area contributed by atoms with E-state index in [9.17, 15) is 14.0 Å². The number of methoxy groups -OCH3 is 1. The lowest BCUT2D eigenvalue weighted by atomic mass is 10.0. The molecule has 1 aliphatic heterocycles. The number of rotatable bonds is 7. The molecule has 1 fully saturated rings. The van der Waals surface area contributed by atoms with Crippen molar-refractivity contribution in [1.82, 2.24) is 15.2 Å². The van der Waals surface area contributed by atoms with Crippen LogP contribution in [0.5, 0.6) is 0 Å². The predicted octanol–water partition coefficient (Wildman–Crippen LogP) is 2.61. The van der Waals surface area contributed by atoms with Gasteiger partial charge in [0.1, 0.15) is 11.5 Å². The molecule has 0 radical (unpaired) electrons. The number of carbonyl (C=O) groups excluding carboxylic acids is 2. The fourth-order valence-corrected chi connectivity index (χ4v) is 3.84. The van der Waals surface area contributed by atoms with Gasteiger partial charge in [-0.15, -0.1) is 0 Å². The number of benzene rings is 1. The van der Waals surface area contributed by atoms with Gasteiger partial charge in [0.05, 0.1) is 31.9 Å². The summed E-state index contributed by atoms with van der Waals surface area (Å²) in [7, 11) is 1.32. The van der Waals surface area contributed by atoms with Crippen LogP contribution >= 0.6 is 0 Å². The van der Waals surface area contributed by atoms with E-state index in [-0.39, 0.29) is 17.8 Å². The molecule has 2 aromatic rings. The summed E-state index contributed by atoms with van der Waals surface area (Å²) in [6.07, 6.45) is 0.574. The maximum atomic E-state index is 13.4. The Balaban J connectivity index is 1.80. The van der Waals surface area contributed by atoms with Crippen LogP contribution in [0.3, 0.4) is 0 Å². The Morgan fingerprint density at radius 2 is 1.93 bits per heavy atom. The number of nitrogens with zero attached hydrogens (tertiary/aromatic N) is 1. The molecule has 0 saturated carbocycles. The largest absolute Gasteiger partial charge is 0.465 e. The summed E-state index contributed by atoms with van der Waals surface area (Å²) >= 11 is 0. The molecule has 1 amide bonds. The highest BCUT2D eigenvalue weighted by Gasteiger charge is 2.26. The van der Waals surface area contributed by atoms with Crippen molar-refractivity contribution < 1.29 is 23.5 Å². The summed E-state index contributed by atoms with van der Waals surface area (Å²) in [5.74, 6) is -1.05. The first-order valence-electron chi connectivity index (χ1n) is 10.1. The van der Waals surface area contributed by atoms with Crippen LogP contribution in [0.4, 0.5) is 4.39 Å². The number of carbonyl (C=O) groups is 2. The number of nitrogens with one attached hydrogen (secondary N) is 2. The molecule has 0 bridgehead atoms. The Morgan fingerprint density at radius 3 is 2.53 bits per heavy atom. The van der Waals surface area contributed by atoms with Crippen LogP contribution in [0, 0.1) is 12.7 Å². The fourth-order valence-electron chi connectivity index (χ4n) is 3.84. The van der Waals surface area contributed by atoms with E-state index in [1.54, 1.807) is 19.1 Å². The maximum absolute atomic E-state index is 13.4. The number of amides is 1. The second-order valence-electron chi connectivity index (χ2n) is 7.25. The van der Waals surface area contributed by atoms with E-state index >= 15 is 0 Å². The molecule has 0 aliphatic carbocycles. The SMILES string of the molecule is CCc1[nH]c(C(=O)NC[C@@H](c2ccc(F)cc2)N2CCOCC2)c(C)c1C(=O)OC. The van der Waals surface area contributed by atoms with Gasteiger partial charge in [-0.2, -0.15) is 0 Å². The summed E-state index contributed by atoms with van der Waals surface area (Å²) < 4.78 is 23.7. The average Bonchev–Trinajstić information content (AvgIpc) is 3.11. The minimum absolute atomic E-state index is 0.112. The molecule has 1 aliphatic rings. The highest BCUT2D eigenvalue weighted by atomic mass is 19.1. The third-order valence-electron chi connectivity index (χ3n) is 5.49. The van der Waals surface area contributed by atoms with E-state index in [4.69, 9.17) is 9.47 Å². The fraction of sp³-hybridized carbons (Fsp3) is 0.455. The van der Waals surface area contributed by atoms with E-state index in [0.717, 1.165) is 18.7 Å². The van der Waals surface area contributed by atoms with Crippen LogP contribution in [0.15, 0.2) is 24.3 Å². The topological polar surface area (TPSA) is 83.7 Å². The van der Waals surface area contributed by atoms with Crippen molar-refractivity contribution in [2.75, 3.05) is 40.0 Å². The van der Waals surface area contributed by atoms with Crippen LogP contribution in [0.25, 0.3) is 0 Å². The Bertz CT molecular complexity index is 889. The molecule has 0 spiro atoms. The van der Waals surface area contributed by atoms with Gasteiger partial charge in [0, 0.05) is 25.3 Å². The molecule has 1 aromatic carbocycles. The average molecular weight is 417 g/mol. The molecule has 8 heteroatoms. The lowest BCUT2D eigenvalue weighted by molar-refractivity contribution is 0.0162. The maximum Gasteiger partial charge on any atom is 0.339 e. The number of aromatic amines is 1. The van der Waals surface area contributed by atoms with Gasteiger partial charge in [-0.1, -0.05) is 19.1 Å². The molecule has 1 atom stereocenters. The van der Waals surface area contributed by atoms with Gasteiger partial charge in [-0.05, 0) is 36.6 Å². The second-order valence-corrected chi connectivity index (χ2v) is 7.25. The molecule has 7 nitrogen and oxygen atoms in total. The Labute approximate surface area is 175 Å². The molecule has 30 heavy (non-hydrogen) atoms. The molecule has 2 heterocycles. The van der Waals surface area contributed by atoms with Crippen molar-refractivity contribution in [3.8, 4) is 0 Å². The molecule has 1 aromatic heterocycles. The summed E-state index contributed by atoms with van der Waals surface area (Å²) in [4.78, 5) is 30.3. The van der Waals surface area contributed by atoms with Crippen molar-refractivity contribution in [3.63, 3.8) is 0 Å². The third-order valence-corrected chi connectivity index (χ3v) is 5.49. The zero-order valence-electron chi connectivity index (χ0n) is 17.6. The summed E-state index contributed by atoms with van der Waals surface area (Å²) in [5, 5.41) is 2.97. The Hall–Kier alpha value is -2.71. The molecule has 1 saturated heterocycles. The second kappa shape index (κ2) is 9.86. The van der Waals surface area contributed by atoms with Gasteiger partial charge in [-0.25, -0.2) is 9.18 Å². The number of hydrogen-bond donors (Lipinski definition) is 2. The summed E-state index contributed by atoms with van der Waals surface area (Å²) in [6.45, 7) is 6.67. The van der Waals surface area contributed by atoms with Gasteiger partial charge < -0.3 is 19.8 Å². The van der Waals surface area contributed by atoms with Crippen molar-refractivity contribution in [1.29, 1.82) is 0 Å². The number of halogens is 1. The third kappa shape index (κ3) is 4.71. The highest BCUT2D eigenvalue weighted by Crippen LogP contribution is 2.23. The first kappa shape index (κ1) is 22.0. The van der Waals surface area contributed by atoms with Gasteiger partial charge in [0.15, 0.2) is 0 Å². The minimum atomic E-state index is -0.461. The number of esters is 1. The van der Waals surface area contributed by atoms with E-state index < -0.39 is 5.97 Å². The normalized spacial score (nSPS) is 15.6. The molecule has 162 valence electrons. The van der Waals surface area contributed by atoms with Gasteiger partial charge in [0.2, 0.25) is 0 Å². The van der Waals surface area contributed by atoms with Crippen LogP contribution in [-0.2, 0) is 15.9 Å². The number of morpholine rings is 1. The minimum Gasteiger partial charge on any atom is -0.465 e. The predicted molar refractivity (Wildman–Crippen MR) is 110 cm³/mol. The van der Waals surface area contributed by atoms with E-state index in [1.165, 1.54) is 19.2 Å².